The first-order chi connectivity index (χ1) is 12.1. The third-order valence-electron chi connectivity index (χ3n) is 3.78. The lowest BCUT2D eigenvalue weighted by molar-refractivity contribution is -0.120. The Hall–Kier alpha value is -2.01. The summed E-state index contributed by atoms with van der Waals surface area (Å²) in [6.45, 7) is 4.84. The molecule has 0 bridgehead atoms. The molecule has 0 atom stereocenters. The van der Waals surface area contributed by atoms with Crippen LogP contribution in [-0.2, 0) is 16.1 Å². The number of hydrogen-bond donors (Lipinski definition) is 1. The minimum atomic E-state index is -0.330. The van der Waals surface area contributed by atoms with Crippen molar-refractivity contribution < 1.29 is 19.0 Å². The van der Waals surface area contributed by atoms with Crippen LogP contribution in [0.5, 0.6) is 11.5 Å². The van der Waals surface area contributed by atoms with Crippen LogP contribution in [0.15, 0.2) is 12.1 Å². The van der Waals surface area contributed by atoms with E-state index in [0.717, 1.165) is 38.4 Å². The molecule has 0 saturated carbocycles. The summed E-state index contributed by atoms with van der Waals surface area (Å²) in [4.78, 5) is 13.6. The summed E-state index contributed by atoms with van der Waals surface area (Å²) in [5.74, 6) is 0.673. The predicted molar refractivity (Wildman–Crippen MR) is 92.8 cm³/mol. The van der Waals surface area contributed by atoms with Crippen molar-refractivity contribution in [3.63, 3.8) is 0 Å². The van der Waals surface area contributed by atoms with Crippen LogP contribution < -0.4 is 14.8 Å². The summed E-state index contributed by atoms with van der Waals surface area (Å²) in [5, 5.41) is 11.6. The molecule has 1 aliphatic heterocycles. The van der Waals surface area contributed by atoms with E-state index in [9.17, 15) is 4.79 Å². The summed E-state index contributed by atoms with van der Waals surface area (Å²) in [7, 11) is 1.54. The molecule has 1 fully saturated rings. The maximum atomic E-state index is 11.4. The van der Waals surface area contributed by atoms with Crippen LogP contribution in [0.3, 0.4) is 0 Å². The quantitative estimate of drug-likeness (QED) is 0.751. The van der Waals surface area contributed by atoms with Gasteiger partial charge in [-0.1, -0.05) is 11.6 Å². The monoisotopic (exact) mass is 367 g/mol. The minimum absolute atomic E-state index is 0.173. The molecule has 0 aliphatic carbocycles. The SMILES string of the molecule is COc1cc(CNC(=O)CC#N)cc(Cl)c1OCCN1CCOCC1. The van der Waals surface area contributed by atoms with Gasteiger partial charge < -0.3 is 19.5 Å². The summed E-state index contributed by atoms with van der Waals surface area (Å²) < 4.78 is 16.5. The molecule has 8 heteroatoms. The van der Waals surface area contributed by atoms with Crippen LogP contribution in [0.4, 0.5) is 0 Å². The number of halogens is 1. The summed E-state index contributed by atoms with van der Waals surface area (Å²) in [6.07, 6.45) is -0.173. The van der Waals surface area contributed by atoms with Gasteiger partial charge in [-0.05, 0) is 17.7 Å². The van der Waals surface area contributed by atoms with Gasteiger partial charge >= 0.3 is 0 Å². The molecule has 1 amide bonds. The topological polar surface area (TPSA) is 83.8 Å². The minimum Gasteiger partial charge on any atom is -0.493 e. The highest BCUT2D eigenvalue weighted by molar-refractivity contribution is 6.32. The molecule has 0 unspecified atom stereocenters. The summed E-state index contributed by atoms with van der Waals surface area (Å²) in [5.41, 5.74) is 0.772. The molecule has 2 rings (SSSR count). The Labute approximate surface area is 152 Å². The molecule has 25 heavy (non-hydrogen) atoms. The molecule has 0 radical (unpaired) electrons. The Kier molecular flexibility index (Phi) is 7.79. The van der Waals surface area contributed by atoms with E-state index < -0.39 is 0 Å². The van der Waals surface area contributed by atoms with Crippen molar-refractivity contribution in [3.8, 4) is 17.6 Å². The highest BCUT2D eigenvalue weighted by Gasteiger charge is 2.14. The standard InChI is InChI=1S/C17H22ClN3O4/c1-23-15-11-13(12-20-16(22)2-3-19)10-14(18)17(15)25-9-6-21-4-7-24-8-5-21/h10-11H,2,4-9,12H2,1H3,(H,20,22). The number of carbonyl (C=O) groups is 1. The van der Waals surface area contributed by atoms with Crippen LogP contribution in [0, 0.1) is 11.3 Å². The molecule has 1 aromatic carbocycles. The second-order valence-corrected chi connectivity index (χ2v) is 5.93. The first-order valence-electron chi connectivity index (χ1n) is 8.07. The van der Waals surface area contributed by atoms with E-state index in [1.807, 2.05) is 0 Å². The third-order valence-corrected chi connectivity index (χ3v) is 4.06. The van der Waals surface area contributed by atoms with Crippen LogP contribution in [-0.4, -0.2) is 57.4 Å². The first-order valence-corrected chi connectivity index (χ1v) is 8.44. The van der Waals surface area contributed by atoms with Crippen LogP contribution >= 0.6 is 11.6 Å². The van der Waals surface area contributed by atoms with Gasteiger partial charge in [0.15, 0.2) is 11.5 Å². The highest BCUT2D eigenvalue weighted by atomic mass is 35.5. The maximum absolute atomic E-state index is 11.4. The van der Waals surface area contributed by atoms with Crippen LogP contribution in [0.1, 0.15) is 12.0 Å². The van der Waals surface area contributed by atoms with Crippen molar-refractivity contribution in [1.29, 1.82) is 5.26 Å². The first kappa shape index (κ1) is 19.3. The van der Waals surface area contributed by atoms with E-state index in [1.54, 1.807) is 25.3 Å². The van der Waals surface area contributed by atoms with Gasteiger partial charge in [-0.25, -0.2) is 0 Å². The van der Waals surface area contributed by atoms with Gasteiger partial charge in [0.25, 0.3) is 0 Å². The summed E-state index contributed by atoms with van der Waals surface area (Å²) >= 11 is 6.31. The fraction of sp³-hybridized carbons (Fsp3) is 0.529. The number of rotatable bonds is 8. The average molecular weight is 368 g/mol. The Morgan fingerprint density at radius 2 is 2.20 bits per heavy atom. The Morgan fingerprint density at radius 1 is 1.44 bits per heavy atom. The average Bonchev–Trinajstić information content (AvgIpc) is 2.62. The number of ether oxygens (including phenoxy) is 3. The van der Waals surface area contributed by atoms with Crippen molar-refractivity contribution in [1.82, 2.24) is 10.2 Å². The number of amides is 1. The number of morpholine rings is 1. The Bertz CT molecular complexity index is 627. The van der Waals surface area contributed by atoms with Gasteiger partial charge in [0.2, 0.25) is 5.91 Å². The number of hydrogen-bond acceptors (Lipinski definition) is 6. The molecule has 1 saturated heterocycles. The zero-order valence-electron chi connectivity index (χ0n) is 14.2. The lowest BCUT2D eigenvalue weighted by Gasteiger charge is -2.26. The van der Waals surface area contributed by atoms with Crippen molar-refractivity contribution >= 4 is 17.5 Å². The van der Waals surface area contributed by atoms with E-state index in [2.05, 4.69) is 10.2 Å². The van der Waals surface area contributed by atoms with Crippen molar-refractivity contribution in [3.05, 3.63) is 22.7 Å². The number of carbonyl (C=O) groups excluding carboxylic acids is 1. The number of nitrogens with zero attached hydrogens (tertiary/aromatic N) is 2. The molecule has 0 spiro atoms. The predicted octanol–water partition coefficient (Wildman–Crippen LogP) is 1.59. The smallest absolute Gasteiger partial charge is 0.234 e. The molecule has 7 nitrogen and oxygen atoms in total. The van der Waals surface area contributed by atoms with Crippen LogP contribution in [0.2, 0.25) is 5.02 Å². The van der Waals surface area contributed by atoms with Crippen molar-refractivity contribution in [2.45, 2.75) is 13.0 Å². The molecule has 1 aliphatic rings. The lowest BCUT2D eigenvalue weighted by atomic mass is 10.2. The van der Waals surface area contributed by atoms with Gasteiger partial charge in [0.05, 0.1) is 31.4 Å². The fourth-order valence-corrected chi connectivity index (χ4v) is 2.74. The molecule has 1 N–H and O–H groups in total. The second kappa shape index (κ2) is 10.1. The van der Waals surface area contributed by atoms with Gasteiger partial charge in [0.1, 0.15) is 13.0 Å². The lowest BCUT2D eigenvalue weighted by Crippen LogP contribution is -2.38. The van der Waals surface area contributed by atoms with E-state index in [1.165, 1.54) is 0 Å². The normalized spacial score (nSPS) is 14.6. The van der Waals surface area contributed by atoms with E-state index in [-0.39, 0.29) is 18.9 Å². The summed E-state index contributed by atoms with van der Waals surface area (Å²) in [6, 6.07) is 5.29. The number of nitrogens with one attached hydrogen (secondary N) is 1. The Morgan fingerprint density at radius 3 is 2.88 bits per heavy atom. The fourth-order valence-electron chi connectivity index (χ4n) is 2.45. The third kappa shape index (κ3) is 6.09. The molecule has 0 aromatic heterocycles. The van der Waals surface area contributed by atoms with E-state index in [0.29, 0.717) is 23.1 Å². The highest BCUT2D eigenvalue weighted by Crippen LogP contribution is 2.36. The zero-order chi connectivity index (χ0) is 18.1. The van der Waals surface area contributed by atoms with Crippen molar-refractivity contribution in [2.24, 2.45) is 0 Å². The van der Waals surface area contributed by atoms with E-state index in [4.69, 9.17) is 31.1 Å². The second-order valence-electron chi connectivity index (χ2n) is 5.52. The van der Waals surface area contributed by atoms with Gasteiger partial charge in [0, 0.05) is 26.2 Å². The van der Waals surface area contributed by atoms with Gasteiger partial charge in [-0.3, -0.25) is 9.69 Å². The van der Waals surface area contributed by atoms with Crippen LogP contribution in [0.25, 0.3) is 0 Å². The molecule has 1 heterocycles. The number of nitriles is 1. The largest absolute Gasteiger partial charge is 0.493 e. The number of benzene rings is 1. The molecule has 136 valence electrons. The number of methoxy groups -OCH3 is 1. The van der Waals surface area contributed by atoms with Crippen molar-refractivity contribution in [2.75, 3.05) is 46.6 Å². The molecular formula is C17H22ClN3O4. The Balaban J connectivity index is 1.93. The zero-order valence-corrected chi connectivity index (χ0v) is 15.0. The maximum Gasteiger partial charge on any atom is 0.234 e. The van der Waals surface area contributed by atoms with Gasteiger partial charge in [-0.15, -0.1) is 0 Å². The van der Waals surface area contributed by atoms with E-state index >= 15 is 0 Å². The molecular weight excluding hydrogens is 346 g/mol. The molecule has 1 aromatic rings. The van der Waals surface area contributed by atoms with Gasteiger partial charge in [-0.2, -0.15) is 5.26 Å².